The molecule has 7 heteroatoms. The fourth-order valence-corrected chi connectivity index (χ4v) is 3.54. The minimum Gasteiger partial charge on any atom is -0.480 e. The molecule has 114 valence electrons. The van der Waals surface area contributed by atoms with Gasteiger partial charge in [-0.25, -0.2) is 4.79 Å². The lowest BCUT2D eigenvalue weighted by Crippen LogP contribution is -2.45. The van der Waals surface area contributed by atoms with E-state index < -0.39 is 5.97 Å². The lowest BCUT2D eigenvalue weighted by atomic mass is 10.3. The molecule has 0 aromatic carbocycles. The van der Waals surface area contributed by atoms with E-state index in [2.05, 4.69) is 0 Å². The normalized spacial score (nSPS) is 22.2. The summed E-state index contributed by atoms with van der Waals surface area (Å²) in [5.74, 6) is 1.36. The lowest BCUT2D eigenvalue weighted by molar-refractivity contribution is -0.138. The monoisotopic (exact) mass is 301 g/mol. The minimum absolute atomic E-state index is 0.0718. The van der Waals surface area contributed by atoms with Gasteiger partial charge >= 0.3 is 12.0 Å². The van der Waals surface area contributed by atoms with Gasteiger partial charge in [-0.05, 0) is 18.6 Å². The summed E-state index contributed by atoms with van der Waals surface area (Å²) in [5.41, 5.74) is 0. The van der Waals surface area contributed by atoms with Crippen LogP contribution in [0.25, 0.3) is 0 Å². The maximum atomic E-state index is 12.5. The van der Waals surface area contributed by atoms with Crippen LogP contribution in [0.3, 0.4) is 0 Å². The Bertz CT molecular complexity index is 346. The number of carboxylic acids is 1. The number of carboxylic acid groups (broad SMARTS) is 1. The summed E-state index contributed by atoms with van der Waals surface area (Å²) in [5, 5.41) is 8.84. The SMILES string of the molecule is O=C(O)CN1CCCN(C(=O)N2CCCSCC2)CC1. The van der Waals surface area contributed by atoms with Gasteiger partial charge in [-0.15, -0.1) is 0 Å². The number of urea groups is 1. The molecule has 2 aliphatic heterocycles. The van der Waals surface area contributed by atoms with Crippen LogP contribution in [0.1, 0.15) is 12.8 Å². The van der Waals surface area contributed by atoms with E-state index in [1.54, 1.807) is 0 Å². The van der Waals surface area contributed by atoms with Gasteiger partial charge in [0.25, 0.3) is 0 Å². The number of amides is 2. The second kappa shape index (κ2) is 7.73. The highest BCUT2D eigenvalue weighted by molar-refractivity contribution is 7.99. The fourth-order valence-electron chi connectivity index (χ4n) is 2.65. The molecule has 0 unspecified atom stereocenters. The molecule has 2 heterocycles. The van der Waals surface area contributed by atoms with E-state index in [0.29, 0.717) is 13.1 Å². The van der Waals surface area contributed by atoms with Gasteiger partial charge < -0.3 is 14.9 Å². The Kier molecular flexibility index (Phi) is 5.97. The average Bonchev–Trinajstić information content (AvgIpc) is 2.80. The van der Waals surface area contributed by atoms with Crippen molar-refractivity contribution in [3.8, 4) is 0 Å². The Morgan fingerprint density at radius 2 is 1.65 bits per heavy atom. The van der Waals surface area contributed by atoms with Crippen molar-refractivity contribution < 1.29 is 14.7 Å². The molecule has 6 nitrogen and oxygen atoms in total. The van der Waals surface area contributed by atoms with Crippen LogP contribution in [0, 0.1) is 0 Å². The first-order valence-corrected chi connectivity index (χ1v) is 8.38. The zero-order valence-corrected chi connectivity index (χ0v) is 12.6. The zero-order chi connectivity index (χ0) is 14.4. The maximum absolute atomic E-state index is 12.5. The second-order valence-corrected chi connectivity index (χ2v) is 6.47. The number of rotatable bonds is 2. The van der Waals surface area contributed by atoms with Crippen molar-refractivity contribution in [2.24, 2.45) is 0 Å². The van der Waals surface area contributed by atoms with Crippen molar-refractivity contribution in [2.75, 3.05) is 57.3 Å². The van der Waals surface area contributed by atoms with Gasteiger partial charge in [0.15, 0.2) is 0 Å². The van der Waals surface area contributed by atoms with Crippen LogP contribution in [0.2, 0.25) is 0 Å². The summed E-state index contributed by atoms with van der Waals surface area (Å²) in [4.78, 5) is 29.0. The smallest absolute Gasteiger partial charge is 0.320 e. The first-order valence-electron chi connectivity index (χ1n) is 7.22. The van der Waals surface area contributed by atoms with Crippen LogP contribution in [0.4, 0.5) is 4.79 Å². The molecule has 0 radical (unpaired) electrons. The Morgan fingerprint density at radius 3 is 2.45 bits per heavy atom. The quantitative estimate of drug-likeness (QED) is 0.811. The number of carbonyl (C=O) groups excluding carboxylic acids is 1. The number of thioether (sulfide) groups is 1. The van der Waals surface area contributed by atoms with Crippen LogP contribution in [0.15, 0.2) is 0 Å². The summed E-state index contributed by atoms with van der Waals surface area (Å²) < 4.78 is 0. The van der Waals surface area contributed by atoms with E-state index in [9.17, 15) is 9.59 Å². The van der Waals surface area contributed by atoms with E-state index in [1.165, 1.54) is 0 Å². The summed E-state index contributed by atoms with van der Waals surface area (Å²) >= 11 is 1.91. The summed E-state index contributed by atoms with van der Waals surface area (Å²) in [6.45, 7) is 4.53. The molecule has 0 aromatic heterocycles. The second-order valence-electron chi connectivity index (χ2n) is 5.25. The van der Waals surface area contributed by atoms with Crippen molar-refractivity contribution in [3.05, 3.63) is 0 Å². The van der Waals surface area contributed by atoms with E-state index in [0.717, 1.165) is 50.5 Å². The molecule has 2 amide bonds. The van der Waals surface area contributed by atoms with E-state index in [1.807, 2.05) is 26.5 Å². The standard InChI is InChI=1S/C13H23N3O3S/c17-12(18)11-14-3-1-4-15(7-6-14)13(19)16-5-2-9-20-10-8-16/h1-11H2,(H,17,18). The predicted octanol–water partition coefficient (Wildman–Crippen LogP) is 0.638. The van der Waals surface area contributed by atoms with Crippen LogP contribution in [0.5, 0.6) is 0 Å². The van der Waals surface area contributed by atoms with Crippen molar-refractivity contribution in [3.63, 3.8) is 0 Å². The number of nitrogens with zero attached hydrogens (tertiary/aromatic N) is 3. The lowest BCUT2D eigenvalue weighted by Gasteiger charge is -2.29. The fraction of sp³-hybridized carbons (Fsp3) is 0.846. The van der Waals surface area contributed by atoms with Gasteiger partial charge in [0.1, 0.15) is 0 Å². The first kappa shape index (κ1) is 15.4. The van der Waals surface area contributed by atoms with Gasteiger partial charge in [0, 0.05) is 45.0 Å². The van der Waals surface area contributed by atoms with Crippen molar-refractivity contribution in [2.45, 2.75) is 12.8 Å². The third-order valence-electron chi connectivity index (χ3n) is 3.71. The minimum atomic E-state index is -0.797. The van der Waals surface area contributed by atoms with Crippen molar-refractivity contribution in [1.82, 2.24) is 14.7 Å². The molecule has 1 N–H and O–H groups in total. The number of hydrogen-bond donors (Lipinski definition) is 1. The van der Waals surface area contributed by atoms with Crippen molar-refractivity contribution in [1.29, 1.82) is 0 Å². The van der Waals surface area contributed by atoms with Gasteiger partial charge in [-0.2, -0.15) is 11.8 Å². The zero-order valence-electron chi connectivity index (χ0n) is 11.8. The van der Waals surface area contributed by atoms with Crippen LogP contribution < -0.4 is 0 Å². The Labute approximate surface area is 124 Å². The molecule has 2 aliphatic rings. The molecule has 0 aliphatic carbocycles. The maximum Gasteiger partial charge on any atom is 0.320 e. The Morgan fingerprint density at radius 1 is 0.900 bits per heavy atom. The molecule has 2 fully saturated rings. The predicted molar refractivity (Wildman–Crippen MR) is 79.2 cm³/mol. The molecule has 2 rings (SSSR count). The molecular weight excluding hydrogens is 278 g/mol. The van der Waals surface area contributed by atoms with Gasteiger partial charge in [-0.3, -0.25) is 9.69 Å². The van der Waals surface area contributed by atoms with Gasteiger partial charge in [0.05, 0.1) is 6.54 Å². The van der Waals surface area contributed by atoms with E-state index >= 15 is 0 Å². The number of hydrogen-bond acceptors (Lipinski definition) is 4. The molecule has 0 atom stereocenters. The van der Waals surface area contributed by atoms with Crippen molar-refractivity contribution >= 4 is 23.8 Å². The summed E-state index contributed by atoms with van der Waals surface area (Å²) in [6.07, 6.45) is 1.91. The molecule has 20 heavy (non-hydrogen) atoms. The molecular formula is C13H23N3O3S. The molecule has 0 spiro atoms. The highest BCUT2D eigenvalue weighted by atomic mass is 32.2. The molecule has 0 saturated carbocycles. The van der Waals surface area contributed by atoms with Gasteiger partial charge in [-0.1, -0.05) is 0 Å². The third-order valence-corrected chi connectivity index (χ3v) is 4.76. The van der Waals surface area contributed by atoms with E-state index in [-0.39, 0.29) is 12.6 Å². The summed E-state index contributed by atoms with van der Waals surface area (Å²) in [7, 11) is 0. The number of carbonyl (C=O) groups is 2. The molecule has 2 saturated heterocycles. The average molecular weight is 301 g/mol. The topological polar surface area (TPSA) is 64.1 Å². The van der Waals surface area contributed by atoms with Gasteiger partial charge in [0.2, 0.25) is 0 Å². The Balaban J connectivity index is 1.85. The van der Waals surface area contributed by atoms with E-state index in [4.69, 9.17) is 5.11 Å². The first-order chi connectivity index (χ1) is 9.66. The van der Waals surface area contributed by atoms with Crippen LogP contribution >= 0.6 is 11.8 Å². The highest BCUT2D eigenvalue weighted by Crippen LogP contribution is 2.13. The Hall–Kier alpha value is -0.950. The number of aliphatic carboxylic acids is 1. The third kappa shape index (κ3) is 4.56. The van der Waals surface area contributed by atoms with Crippen LogP contribution in [-0.2, 0) is 4.79 Å². The summed E-state index contributed by atoms with van der Waals surface area (Å²) in [6, 6.07) is 0.129. The molecule has 0 aromatic rings. The largest absolute Gasteiger partial charge is 0.480 e. The molecule has 0 bridgehead atoms. The highest BCUT2D eigenvalue weighted by Gasteiger charge is 2.24. The van der Waals surface area contributed by atoms with Crippen LogP contribution in [-0.4, -0.2) is 89.1 Å².